The Balaban J connectivity index is 1.55. The van der Waals surface area contributed by atoms with Gasteiger partial charge in [0.05, 0.1) is 24.5 Å². The SMILES string of the molecule is CCOc1ccccc1NC(=O)NCc1nnc(SCc2cccc(C)c2)n1-c1cc(Cl)ccc1C. The zero-order chi connectivity index (χ0) is 25.5. The number of benzene rings is 3. The van der Waals surface area contributed by atoms with Crippen LogP contribution in [0.15, 0.2) is 71.9 Å². The lowest BCUT2D eigenvalue weighted by Gasteiger charge is -2.15. The first-order valence-corrected chi connectivity index (χ1v) is 13.0. The number of urea groups is 1. The molecule has 0 bridgehead atoms. The molecule has 36 heavy (non-hydrogen) atoms. The number of nitrogens with one attached hydrogen (secondary N) is 2. The lowest BCUT2D eigenvalue weighted by Crippen LogP contribution is -2.29. The number of aryl methyl sites for hydroxylation is 2. The number of hydrogen-bond donors (Lipinski definition) is 2. The minimum absolute atomic E-state index is 0.173. The number of thioether (sulfide) groups is 1. The van der Waals surface area contributed by atoms with Crippen LogP contribution in [0.2, 0.25) is 5.02 Å². The Hall–Kier alpha value is -3.49. The van der Waals surface area contributed by atoms with Gasteiger partial charge in [0, 0.05) is 10.8 Å². The third-order valence-corrected chi connectivity index (χ3v) is 6.64. The highest BCUT2D eigenvalue weighted by atomic mass is 35.5. The predicted octanol–water partition coefficient (Wildman–Crippen LogP) is 6.55. The Labute approximate surface area is 220 Å². The van der Waals surface area contributed by atoms with Crippen molar-refractivity contribution in [3.8, 4) is 11.4 Å². The van der Waals surface area contributed by atoms with Crippen molar-refractivity contribution in [2.75, 3.05) is 11.9 Å². The predicted molar refractivity (Wildman–Crippen MR) is 145 cm³/mol. The van der Waals surface area contributed by atoms with Gasteiger partial charge in [-0.3, -0.25) is 4.57 Å². The minimum Gasteiger partial charge on any atom is -0.492 e. The second-order valence-corrected chi connectivity index (χ2v) is 9.56. The van der Waals surface area contributed by atoms with E-state index in [0.717, 1.165) is 22.2 Å². The van der Waals surface area contributed by atoms with Crippen LogP contribution in [0.1, 0.15) is 29.4 Å². The highest BCUT2D eigenvalue weighted by molar-refractivity contribution is 7.98. The molecule has 0 aliphatic carbocycles. The van der Waals surface area contributed by atoms with Gasteiger partial charge in [-0.1, -0.05) is 71.4 Å². The second kappa shape index (κ2) is 12.0. The molecular weight excluding hydrogens is 494 g/mol. The van der Waals surface area contributed by atoms with Crippen LogP contribution < -0.4 is 15.4 Å². The second-order valence-electron chi connectivity index (χ2n) is 8.18. The smallest absolute Gasteiger partial charge is 0.319 e. The Kier molecular flexibility index (Phi) is 8.51. The van der Waals surface area contributed by atoms with Crippen molar-refractivity contribution in [3.05, 3.63) is 94.3 Å². The number of carbonyl (C=O) groups excluding carboxylic acids is 1. The molecule has 186 valence electrons. The highest BCUT2D eigenvalue weighted by Crippen LogP contribution is 2.29. The summed E-state index contributed by atoms with van der Waals surface area (Å²) in [5.74, 6) is 1.95. The fourth-order valence-corrected chi connectivity index (χ4v) is 4.77. The molecule has 2 amide bonds. The first-order valence-electron chi connectivity index (χ1n) is 11.6. The Morgan fingerprint density at radius 1 is 1.06 bits per heavy atom. The molecule has 4 rings (SSSR count). The van der Waals surface area contributed by atoms with Crippen LogP contribution in [0.4, 0.5) is 10.5 Å². The zero-order valence-corrected chi connectivity index (χ0v) is 22.0. The van der Waals surface area contributed by atoms with E-state index in [1.54, 1.807) is 17.8 Å². The molecule has 4 aromatic rings. The maximum atomic E-state index is 12.7. The van der Waals surface area contributed by atoms with Gasteiger partial charge in [0.25, 0.3) is 0 Å². The highest BCUT2D eigenvalue weighted by Gasteiger charge is 2.18. The van der Waals surface area contributed by atoms with Crippen molar-refractivity contribution in [3.63, 3.8) is 0 Å². The molecule has 0 saturated carbocycles. The van der Waals surface area contributed by atoms with E-state index in [-0.39, 0.29) is 12.6 Å². The van der Waals surface area contributed by atoms with Crippen LogP contribution in [0.5, 0.6) is 5.75 Å². The molecular formula is C27H28ClN5O2S. The van der Waals surface area contributed by atoms with E-state index in [9.17, 15) is 4.79 Å². The van der Waals surface area contributed by atoms with Gasteiger partial charge in [-0.15, -0.1) is 10.2 Å². The van der Waals surface area contributed by atoms with Crippen molar-refractivity contribution in [1.82, 2.24) is 20.1 Å². The number of para-hydroxylation sites is 2. The average molecular weight is 522 g/mol. The lowest BCUT2D eigenvalue weighted by molar-refractivity contribution is 0.251. The number of halogens is 1. The van der Waals surface area contributed by atoms with Crippen molar-refractivity contribution in [2.45, 2.75) is 38.2 Å². The summed E-state index contributed by atoms with van der Waals surface area (Å²) in [4.78, 5) is 12.7. The molecule has 0 fully saturated rings. The largest absolute Gasteiger partial charge is 0.492 e. The van der Waals surface area contributed by atoms with Gasteiger partial charge in [0.1, 0.15) is 5.75 Å². The number of anilines is 1. The molecule has 0 spiro atoms. The monoisotopic (exact) mass is 521 g/mol. The molecule has 1 aromatic heterocycles. The van der Waals surface area contributed by atoms with Crippen molar-refractivity contribution in [2.24, 2.45) is 0 Å². The van der Waals surface area contributed by atoms with Crippen molar-refractivity contribution >= 4 is 35.1 Å². The van der Waals surface area contributed by atoms with E-state index >= 15 is 0 Å². The summed E-state index contributed by atoms with van der Waals surface area (Å²) in [6, 6.07) is 21.0. The fourth-order valence-electron chi connectivity index (χ4n) is 3.70. The number of amides is 2. The molecule has 3 aromatic carbocycles. The molecule has 0 aliphatic rings. The van der Waals surface area contributed by atoms with Crippen molar-refractivity contribution < 1.29 is 9.53 Å². The summed E-state index contributed by atoms with van der Waals surface area (Å²) in [7, 11) is 0. The number of carbonyl (C=O) groups is 1. The number of aromatic nitrogens is 3. The van der Waals surface area contributed by atoms with Crippen molar-refractivity contribution in [1.29, 1.82) is 0 Å². The Morgan fingerprint density at radius 2 is 1.89 bits per heavy atom. The molecule has 0 atom stereocenters. The minimum atomic E-state index is -0.367. The third-order valence-electron chi connectivity index (χ3n) is 5.41. The van der Waals surface area contributed by atoms with Crippen LogP contribution in [-0.4, -0.2) is 27.4 Å². The quantitative estimate of drug-likeness (QED) is 0.244. The Morgan fingerprint density at radius 3 is 2.69 bits per heavy atom. The average Bonchev–Trinajstić information content (AvgIpc) is 3.27. The van der Waals surface area contributed by atoms with E-state index in [1.807, 2.05) is 54.8 Å². The number of hydrogen-bond acceptors (Lipinski definition) is 5. The van der Waals surface area contributed by atoms with Gasteiger partial charge >= 0.3 is 6.03 Å². The maximum absolute atomic E-state index is 12.7. The topological polar surface area (TPSA) is 81.1 Å². The Bertz CT molecular complexity index is 1360. The van der Waals surface area contributed by atoms with E-state index in [2.05, 4.69) is 52.0 Å². The van der Waals surface area contributed by atoms with E-state index < -0.39 is 0 Å². The van der Waals surface area contributed by atoms with Crippen LogP contribution in [-0.2, 0) is 12.3 Å². The van der Waals surface area contributed by atoms with E-state index in [1.165, 1.54) is 11.1 Å². The molecule has 0 aliphatic heterocycles. The zero-order valence-electron chi connectivity index (χ0n) is 20.4. The van der Waals surface area contributed by atoms with Crippen LogP contribution in [0, 0.1) is 13.8 Å². The van der Waals surface area contributed by atoms with Gasteiger partial charge in [-0.05, 0) is 56.2 Å². The standard InChI is InChI=1S/C27H28ClN5O2S/c1-4-35-24-11-6-5-10-22(24)30-26(34)29-16-25-31-32-27(36-17-20-9-7-8-18(2)14-20)33(25)23-15-21(28)13-12-19(23)3/h5-15H,4,16-17H2,1-3H3,(H2,29,30,34). The number of ether oxygens (including phenoxy) is 1. The number of nitrogens with zero attached hydrogens (tertiary/aromatic N) is 3. The summed E-state index contributed by atoms with van der Waals surface area (Å²) in [6.45, 7) is 6.66. The van der Waals surface area contributed by atoms with E-state index in [4.69, 9.17) is 16.3 Å². The van der Waals surface area contributed by atoms with Crippen LogP contribution in [0.25, 0.3) is 5.69 Å². The first-order chi connectivity index (χ1) is 17.4. The molecule has 2 N–H and O–H groups in total. The summed E-state index contributed by atoms with van der Waals surface area (Å²) in [5.41, 5.74) is 4.90. The van der Waals surface area contributed by atoms with Gasteiger partial charge in [0.2, 0.25) is 0 Å². The molecule has 0 saturated heterocycles. The molecule has 1 heterocycles. The van der Waals surface area contributed by atoms with Crippen LogP contribution in [0.3, 0.4) is 0 Å². The van der Waals surface area contributed by atoms with Gasteiger partial charge in [-0.2, -0.15) is 0 Å². The molecule has 0 unspecified atom stereocenters. The van der Waals surface area contributed by atoms with E-state index in [0.29, 0.717) is 28.9 Å². The van der Waals surface area contributed by atoms with Gasteiger partial charge in [-0.25, -0.2) is 4.79 Å². The molecule has 7 nitrogen and oxygen atoms in total. The number of rotatable bonds is 9. The lowest BCUT2D eigenvalue weighted by atomic mass is 10.2. The summed E-state index contributed by atoms with van der Waals surface area (Å²) in [5, 5.41) is 15.9. The third kappa shape index (κ3) is 6.38. The summed E-state index contributed by atoms with van der Waals surface area (Å²) >= 11 is 7.92. The normalized spacial score (nSPS) is 10.8. The fraction of sp³-hybridized carbons (Fsp3) is 0.222. The maximum Gasteiger partial charge on any atom is 0.319 e. The summed E-state index contributed by atoms with van der Waals surface area (Å²) in [6.07, 6.45) is 0. The van der Waals surface area contributed by atoms with Gasteiger partial charge in [0.15, 0.2) is 11.0 Å². The van der Waals surface area contributed by atoms with Gasteiger partial charge < -0.3 is 15.4 Å². The molecule has 9 heteroatoms. The van der Waals surface area contributed by atoms with Crippen LogP contribution >= 0.6 is 23.4 Å². The first kappa shape index (κ1) is 25.6. The molecule has 0 radical (unpaired) electrons. The summed E-state index contributed by atoms with van der Waals surface area (Å²) < 4.78 is 7.55.